The SMILES string of the molecule is CC1C=C(n2ccc(-c3ccc(C(F)(F)F)nc3)nc2=O)N=CC2=C1CCC1=C2NC(C(=O)OC(C)(C)C)C1. The van der Waals surface area contributed by atoms with Gasteiger partial charge in [-0.2, -0.15) is 18.2 Å². The van der Waals surface area contributed by atoms with Crippen LogP contribution in [-0.4, -0.2) is 38.4 Å². The molecule has 204 valence electrons. The fourth-order valence-corrected chi connectivity index (χ4v) is 4.98. The summed E-state index contributed by atoms with van der Waals surface area (Å²) in [4.78, 5) is 37.7. The predicted molar refractivity (Wildman–Crippen MR) is 139 cm³/mol. The third kappa shape index (κ3) is 5.43. The second-order valence-corrected chi connectivity index (χ2v) is 10.8. The van der Waals surface area contributed by atoms with Gasteiger partial charge in [0.1, 0.15) is 23.2 Å². The lowest BCUT2D eigenvalue weighted by atomic mass is 9.84. The third-order valence-corrected chi connectivity index (χ3v) is 6.80. The van der Waals surface area contributed by atoms with Crippen molar-refractivity contribution in [3.8, 4) is 11.3 Å². The first-order valence-corrected chi connectivity index (χ1v) is 12.6. The van der Waals surface area contributed by atoms with E-state index in [-0.39, 0.29) is 17.6 Å². The third-order valence-electron chi connectivity index (χ3n) is 6.80. The van der Waals surface area contributed by atoms with Crippen LogP contribution in [0.1, 0.15) is 52.7 Å². The van der Waals surface area contributed by atoms with Crippen molar-refractivity contribution in [3.05, 3.63) is 75.3 Å². The van der Waals surface area contributed by atoms with Crippen LogP contribution in [0.15, 0.2) is 68.9 Å². The van der Waals surface area contributed by atoms with Crippen LogP contribution in [0, 0.1) is 5.92 Å². The molecule has 0 saturated heterocycles. The molecule has 5 rings (SSSR count). The normalized spacial score (nSPS) is 21.2. The standard InChI is InChI=1S/C28H28F3N5O3/c1-15-11-23(36-10-9-20(35-26(36)38)17-6-8-22(32-13-17)28(29,30)31)33-14-19-18(15)7-5-16-12-21(34-24(16)19)25(37)39-27(2,3)4/h6,8-11,13-15,21,34H,5,7,12H2,1-4H3. The number of nitrogens with zero attached hydrogens (tertiary/aromatic N) is 4. The monoisotopic (exact) mass is 539 g/mol. The molecule has 1 aliphatic carbocycles. The van der Waals surface area contributed by atoms with Crippen LogP contribution in [0.4, 0.5) is 13.2 Å². The summed E-state index contributed by atoms with van der Waals surface area (Å²) in [6.45, 7) is 7.54. The molecule has 4 heterocycles. The number of hydrogen-bond donors (Lipinski definition) is 1. The topological polar surface area (TPSA) is 98.5 Å². The molecule has 0 spiro atoms. The molecule has 1 N–H and O–H groups in total. The molecule has 2 aromatic heterocycles. The van der Waals surface area contributed by atoms with E-state index >= 15 is 0 Å². The van der Waals surface area contributed by atoms with Crippen LogP contribution >= 0.6 is 0 Å². The summed E-state index contributed by atoms with van der Waals surface area (Å²) in [6, 6.07) is 3.16. The number of aliphatic imine (C=N–C) groups is 1. The lowest BCUT2D eigenvalue weighted by Crippen LogP contribution is -2.38. The number of ether oxygens (including phenoxy) is 1. The zero-order valence-corrected chi connectivity index (χ0v) is 22.0. The number of aromatic nitrogens is 3. The number of pyridine rings is 1. The van der Waals surface area contributed by atoms with E-state index in [0.717, 1.165) is 47.5 Å². The molecule has 3 aliphatic rings. The first-order chi connectivity index (χ1) is 18.3. The average Bonchev–Trinajstić information content (AvgIpc) is 3.22. The van der Waals surface area contributed by atoms with Gasteiger partial charge in [-0.15, -0.1) is 0 Å². The van der Waals surface area contributed by atoms with Crippen molar-refractivity contribution in [1.29, 1.82) is 0 Å². The molecular formula is C28H28F3N5O3. The Hall–Kier alpha value is -4.02. The molecule has 2 aliphatic heterocycles. The number of hydrogen-bond acceptors (Lipinski definition) is 7. The molecule has 0 fully saturated rings. The minimum atomic E-state index is -4.55. The zero-order valence-electron chi connectivity index (χ0n) is 22.0. The van der Waals surface area contributed by atoms with Gasteiger partial charge >= 0.3 is 17.8 Å². The number of esters is 1. The van der Waals surface area contributed by atoms with E-state index in [1.54, 1.807) is 6.21 Å². The highest BCUT2D eigenvalue weighted by Gasteiger charge is 2.36. The number of halogens is 3. The van der Waals surface area contributed by atoms with Gasteiger partial charge in [0.25, 0.3) is 0 Å². The second-order valence-electron chi connectivity index (χ2n) is 10.8. The van der Waals surface area contributed by atoms with Crippen LogP contribution < -0.4 is 11.0 Å². The summed E-state index contributed by atoms with van der Waals surface area (Å²) in [5.74, 6) is 0.0485. The van der Waals surface area contributed by atoms with Crippen molar-refractivity contribution in [2.75, 3.05) is 0 Å². The molecule has 0 amide bonds. The molecule has 2 atom stereocenters. The van der Waals surface area contributed by atoms with Gasteiger partial charge in [-0.1, -0.05) is 12.5 Å². The number of alkyl halides is 3. The van der Waals surface area contributed by atoms with Crippen LogP contribution in [0.2, 0.25) is 0 Å². The summed E-state index contributed by atoms with van der Waals surface area (Å²) in [5, 5.41) is 3.34. The van der Waals surface area contributed by atoms with Gasteiger partial charge < -0.3 is 10.1 Å². The van der Waals surface area contributed by atoms with Crippen molar-refractivity contribution >= 4 is 18.0 Å². The van der Waals surface area contributed by atoms with Crippen LogP contribution in [0.5, 0.6) is 0 Å². The van der Waals surface area contributed by atoms with Crippen LogP contribution in [0.25, 0.3) is 17.1 Å². The van der Waals surface area contributed by atoms with Gasteiger partial charge in [-0.3, -0.25) is 9.55 Å². The molecule has 39 heavy (non-hydrogen) atoms. The maximum Gasteiger partial charge on any atom is 0.433 e. The maximum atomic E-state index is 12.9. The number of nitrogens with one attached hydrogen (secondary N) is 1. The molecule has 0 saturated carbocycles. The maximum absolute atomic E-state index is 12.9. The molecular weight excluding hydrogens is 511 g/mol. The van der Waals surface area contributed by atoms with Crippen molar-refractivity contribution in [2.45, 2.75) is 64.8 Å². The smallest absolute Gasteiger partial charge is 0.433 e. The fourth-order valence-electron chi connectivity index (χ4n) is 4.98. The Labute approximate surface area is 223 Å². The predicted octanol–water partition coefficient (Wildman–Crippen LogP) is 4.89. The number of rotatable bonds is 3. The van der Waals surface area contributed by atoms with Crippen LogP contribution in [-0.2, 0) is 15.7 Å². The zero-order chi connectivity index (χ0) is 28.1. The summed E-state index contributed by atoms with van der Waals surface area (Å²) in [5.41, 5.74) is 2.40. The van der Waals surface area contributed by atoms with E-state index in [2.05, 4.69) is 20.3 Å². The van der Waals surface area contributed by atoms with Crippen molar-refractivity contribution < 1.29 is 22.7 Å². The fraction of sp³-hybridized carbons (Fsp3) is 0.393. The number of carbonyl (C=O) groups is 1. The summed E-state index contributed by atoms with van der Waals surface area (Å²) in [7, 11) is 0. The van der Waals surface area contributed by atoms with Gasteiger partial charge in [0, 0.05) is 41.9 Å². The Balaban J connectivity index is 1.38. The molecule has 0 radical (unpaired) electrons. The summed E-state index contributed by atoms with van der Waals surface area (Å²) >= 11 is 0. The Morgan fingerprint density at radius 2 is 1.92 bits per heavy atom. The van der Waals surface area contributed by atoms with Gasteiger partial charge in [0.05, 0.1) is 5.69 Å². The second kappa shape index (κ2) is 9.62. The minimum absolute atomic E-state index is 0.0420. The molecule has 2 aromatic rings. The van der Waals surface area contributed by atoms with Crippen LogP contribution in [0.3, 0.4) is 0 Å². The highest BCUT2D eigenvalue weighted by molar-refractivity contribution is 5.91. The van der Waals surface area contributed by atoms with E-state index in [0.29, 0.717) is 17.8 Å². The highest BCUT2D eigenvalue weighted by Crippen LogP contribution is 2.40. The lowest BCUT2D eigenvalue weighted by molar-refractivity contribution is -0.157. The number of allylic oxidation sites excluding steroid dienone is 3. The Morgan fingerprint density at radius 1 is 1.15 bits per heavy atom. The van der Waals surface area contributed by atoms with Crippen molar-refractivity contribution in [2.24, 2.45) is 10.9 Å². The molecule has 0 aromatic carbocycles. The van der Waals surface area contributed by atoms with Crippen molar-refractivity contribution in [1.82, 2.24) is 19.9 Å². The molecule has 2 unspecified atom stereocenters. The highest BCUT2D eigenvalue weighted by atomic mass is 19.4. The van der Waals surface area contributed by atoms with E-state index in [1.165, 1.54) is 22.9 Å². The van der Waals surface area contributed by atoms with Gasteiger partial charge in [-0.25, -0.2) is 14.6 Å². The minimum Gasteiger partial charge on any atom is -0.458 e. The van der Waals surface area contributed by atoms with E-state index < -0.39 is 29.2 Å². The van der Waals surface area contributed by atoms with Gasteiger partial charge in [0.15, 0.2) is 0 Å². The Bertz CT molecular complexity index is 1510. The van der Waals surface area contributed by atoms with E-state index in [1.807, 2.05) is 33.8 Å². The Morgan fingerprint density at radius 3 is 2.56 bits per heavy atom. The first-order valence-electron chi connectivity index (χ1n) is 12.6. The first kappa shape index (κ1) is 26.6. The molecule has 0 bridgehead atoms. The average molecular weight is 540 g/mol. The summed E-state index contributed by atoms with van der Waals surface area (Å²) in [6.07, 6.45) is 3.79. The lowest BCUT2D eigenvalue weighted by Gasteiger charge is -2.23. The summed E-state index contributed by atoms with van der Waals surface area (Å²) < 4.78 is 45.3. The number of fused-ring (bicyclic) bond motifs is 1. The molecule has 11 heteroatoms. The molecule has 8 nitrogen and oxygen atoms in total. The van der Waals surface area contributed by atoms with E-state index in [9.17, 15) is 22.8 Å². The van der Waals surface area contributed by atoms with E-state index in [4.69, 9.17) is 4.74 Å². The Kier molecular flexibility index (Phi) is 6.56. The quantitative estimate of drug-likeness (QED) is 0.558. The van der Waals surface area contributed by atoms with Gasteiger partial charge in [0.2, 0.25) is 0 Å². The van der Waals surface area contributed by atoms with Gasteiger partial charge in [-0.05, 0) is 69.4 Å². The number of carbonyl (C=O) groups excluding carboxylic acids is 1. The largest absolute Gasteiger partial charge is 0.458 e. The van der Waals surface area contributed by atoms with Crippen molar-refractivity contribution in [3.63, 3.8) is 0 Å².